The molecule has 1 aliphatic heterocycles. The molecule has 8 nitrogen and oxygen atoms in total. The quantitative estimate of drug-likeness (QED) is 0.719. The van der Waals surface area contributed by atoms with E-state index in [1.807, 2.05) is 36.1 Å². The fraction of sp³-hybridized carbons (Fsp3) is 0.450. The molecule has 0 aliphatic carbocycles. The summed E-state index contributed by atoms with van der Waals surface area (Å²) in [4.78, 5) is 28.3. The summed E-state index contributed by atoms with van der Waals surface area (Å²) in [6, 6.07) is 9.59. The van der Waals surface area contributed by atoms with Gasteiger partial charge in [-0.25, -0.2) is 0 Å². The molecule has 1 fully saturated rings. The second-order valence-corrected chi connectivity index (χ2v) is 6.85. The molecule has 1 aliphatic rings. The van der Waals surface area contributed by atoms with Crippen LogP contribution in [0.1, 0.15) is 16.1 Å². The van der Waals surface area contributed by atoms with Crippen molar-refractivity contribution >= 4 is 11.8 Å². The predicted molar refractivity (Wildman–Crippen MR) is 104 cm³/mol. The number of methoxy groups -OCH3 is 1. The van der Waals surface area contributed by atoms with E-state index in [2.05, 4.69) is 10.5 Å². The third-order valence-electron chi connectivity index (χ3n) is 4.72. The number of aromatic nitrogens is 1. The molecular weight excluding hydrogens is 360 g/mol. The Morgan fingerprint density at radius 2 is 1.89 bits per heavy atom. The van der Waals surface area contributed by atoms with E-state index in [9.17, 15) is 9.59 Å². The summed E-state index contributed by atoms with van der Waals surface area (Å²) in [5, 5.41) is 6.83. The predicted octanol–water partition coefficient (Wildman–Crippen LogP) is 1.17. The summed E-state index contributed by atoms with van der Waals surface area (Å²) in [5.74, 6) is 0.0335. The maximum Gasteiger partial charge on any atom is 0.292 e. The Bertz CT molecular complexity index is 795. The van der Waals surface area contributed by atoms with E-state index in [-0.39, 0.29) is 17.6 Å². The lowest BCUT2D eigenvalue weighted by Crippen LogP contribution is -2.51. The lowest BCUT2D eigenvalue weighted by Gasteiger charge is -2.33. The summed E-state index contributed by atoms with van der Waals surface area (Å²) in [5.41, 5.74) is 2.72. The van der Waals surface area contributed by atoms with E-state index in [0.29, 0.717) is 51.6 Å². The minimum absolute atomic E-state index is 0.0326. The van der Waals surface area contributed by atoms with Crippen LogP contribution in [0.5, 0.6) is 0 Å². The Labute approximate surface area is 164 Å². The first-order chi connectivity index (χ1) is 13.6. The van der Waals surface area contributed by atoms with E-state index in [0.717, 1.165) is 11.1 Å². The number of benzene rings is 1. The molecule has 1 N–H and O–H groups in total. The van der Waals surface area contributed by atoms with Gasteiger partial charge in [0.2, 0.25) is 11.7 Å². The zero-order chi connectivity index (χ0) is 19.9. The smallest absolute Gasteiger partial charge is 0.292 e. The van der Waals surface area contributed by atoms with Crippen molar-refractivity contribution in [3.8, 4) is 11.3 Å². The van der Waals surface area contributed by atoms with Crippen LogP contribution in [0.15, 0.2) is 34.9 Å². The van der Waals surface area contributed by atoms with Crippen molar-refractivity contribution in [3.63, 3.8) is 0 Å². The Hall–Kier alpha value is -2.71. The van der Waals surface area contributed by atoms with E-state index in [4.69, 9.17) is 9.26 Å². The molecule has 2 heterocycles. The van der Waals surface area contributed by atoms with Gasteiger partial charge >= 0.3 is 0 Å². The van der Waals surface area contributed by atoms with Gasteiger partial charge in [-0.1, -0.05) is 35.0 Å². The Morgan fingerprint density at radius 1 is 1.18 bits per heavy atom. The Balaban J connectivity index is 1.50. The lowest BCUT2D eigenvalue weighted by atomic mass is 10.1. The van der Waals surface area contributed by atoms with Crippen LogP contribution in [0.4, 0.5) is 0 Å². The molecule has 1 aromatic carbocycles. The van der Waals surface area contributed by atoms with Gasteiger partial charge in [0, 0.05) is 51.5 Å². The van der Waals surface area contributed by atoms with Crippen LogP contribution >= 0.6 is 0 Å². The van der Waals surface area contributed by atoms with Crippen molar-refractivity contribution in [1.82, 2.24) is 20.3 Å². The Morgan fingerprint density at radius 3 is 2.57 bits per heavy atom. The first kappa shape index (κ1) is 20.0. The van der Waals surface area contributed by atoms with E-state index in [1.165, 1.54) is 0 Å². The van der Waals surface area contributed by atoms with E-state index in [1.54, 1.807) is 18.1 Å². The van der Waals surface area contributed by atoms with Crippen molar-refractivity contribution in [3.05, 3.63) is 41.7 Å². The zero-order valence-corrected chi connectivity index (χ0v) is 16.3. The van der Waals surface area contributed by atoms with Crippen LogP contribution in [0.25, 0.3) is 11.3 Å². The topological polar surface area (TPSA) is 87.9 Å². The van der Waals surface area contributed by atoms with Crippen LogP contribution in [-0.4, -0.2) is 79.8 Å². The number of rotatable bonds is 7. The van der Waals surface area contributed by atoms with Gasteiger partial charge in [-0.3, -0.25) is 14.5 Å². The normalized spacial score (nSPS) is 14.9. The SMILES string of the molecule is COCCNC(=O)CN1CCN(C(=O)c2cc(-c3ccc(C)cc3)no2)CC1. The minimum Gasteiger partial charge on any atom is -0.383 e. The highest BCUT2D eigenvalue weighted by molar-refractivity contribution is 5.92. The van der Waals surface area contributed by atoms with Crippen molar-refractivity contribution in [2.45, 2.75) is 6.92 Å². The summed E-state index contributed by atoms with van der Waals surface area (Å²) in [6.07, 6.45) is 0. The van der Waals surface area contributed by atoms with Gasteiger partial charge in [0.25, 0.3) is 5.91 Å². The number of ether oxygens (including phenoxy) is 1. The maximum absolute atomic E-state index is 12.7. The van der Waals surface area contributed by atoms with Gasteiger partial charge in [-0.15, -0.1) is 0 Å². The molecule has 0 bridgehead atoms. The number of piperazine rings is 1. The second kappa shape index (κ2) is 9.48. The molecule has 2 aromatic rings. The molecule has 3 rings (SSSR count). The minimum atomic E-state index is -0.171. The second-order valence-electron chi connectivity index (χ2n) is 6.85. The molecule has 28 heavy (non-hydrogen) atoms. The number of amides is 2. The van der Waals surface area contributed by atoms with Crippen molar-refractivity contribution in [2.24, 2.45) is 0 Å². The summed E-state index contributed by atoms with van der Waals surface area (Å²) < 4.78 is 10.2. The standard InChI is InChI=1S/C20H26N4O4/c1-15-3-5-16(6-4-15)17-13-18(28-22-17)20(26)24-10-8-23(9-11-24)14-19(25)21-7-12-27-2/h3-6,13H,7-12,14H2,1-2H3,(H,21,25). The Kier molecular flexibility index (Phi) is 6.78. The van der Waals surface area contributed by atoms with Gasteiger partial charge < -0.3 is 19.5 Å². The van der Waals surface area contributed by atoms with Crippen LogP contribution < -0.4 is 5.32 Å². The molecule has 1 aromatic heterocycles. The summed E-state index contributed by atoms with van der Waals surface area (Å²) >= 11 is 0. The highest BCUT2D eigenvalue weighted by Crippen LogP contribution is 2.20. The largest absolute Gasteiger partial charge is 0.383 e. The van der Waals surface area contributed by atoms with Crippen LogP contribution in [0.3, 0.4) is 0 Å². The first-order valence-electron chi connectivity index (χ1n) is 9.38. The molecule has 8 heteroatoms. The highest BCUT2D eigenvalue weighted by Gasteiger charge is 2.26. The van der Waals surface area contributed by atoms with Crippen LogP contribution in [-0.2, 0) is 9.53 Å². The van der Waals surface area contributed by atoms with E-state index >= 15 is 0 Å². The molecular formula is C20H26N4O4. The number of carbonyl (C=O) groups is 2. The first-order valence-corrected chi connectivity index (χ1v) is 9.38. The fourth-order valence-corrected chi connectivity index (χ4v) is 3.05. The van der Waals surface area contributed by atoms with Gasteiger partial charge in [0.15, 0.2) is 0 Å². The monoisotopic (exact) mass is 386 g/mol. The van der Waals surface area contributed by atoms with Crippen molar-refractivity contribution < 1.29 is 18.8 Å². The number of carbonyl (C=O) groups excluding carboxylic acids is 2. The summed E-state index contributed by atoms with van der Waals surface area (Å²) in [6.45, 7) is 5.72. The molecule has 0 unspecified atom stereocenters. The van der Waals surface area contributed by atoms with Crippen molar-refractivity contribution in [2.75, 3.05) is 53.0 Å². The van der Waals surface area contributed by atoms with Gasteiger partial charge in [0.1, 0.15) is 5.69 Å². The molecule has 0 atom stereocenters. The number of nitrogens with zero attached hydrogens (tertiary/aromatic N) is 3. The highest BCUT2D eigenvalue weighted by atomic mass is 16.5. The number of aryl methyl sites for hydroxylation is 1. The molecule has 150 valence electrons. The molecule has 0 radical (unpaired) electrons. The molecule has 2 amide bonds. The molecule has 0 spiro atoms. The average Bonchev–Trinajstić information content (AvgIpc) is 3.19. The maximum atomic E-state index is 12.7. The third-order valence-corrected chi connectivity index (χ3v) is 4.72. The fourth-order valence-electron chi connectivity index (χ4n) is 3.05. The third kappa shape index (κ3) is 5.17. The van der Waals surface area contributed by atoms with Crippen LogP contribution in [0, 0.1) is 6.92 Å². The lowest BCUT2D eigenvalue weighted by molar-refractivity contribution is -0.122. The van der Waals surface area contributed by atoms with E-state index < -0.39 is 0 Å². The zero-order valence-electron chi connectivity index (χ0n) is 16.3. The number of hydrogen-bond donors (Lipinski definition) is 1. The van der Waals surface area contributed by atoms with Gasteiger partial charge in [0.05, 0.1) is 13.2 Å². The molecule has 1 saturated heterocycles. The van der Waals surface area contributed by atoms with Gasteiger partial charge in [-0.05, 0) is 6.92 Å². The average molecular weight is 386 g/mol. The van der Waals surface area contributed by atoms with Crippen LogP contribution in [0.2, 0.25) is 0 Å². The molecule has 0 saturated carbocycles. The van der Waals surface area contributed by atoms with Gasteiger partial charge in [-0.2, -0.15) is 0 Å². The van der Waals surface area contributed by atoms with Crippen molar-refractivity contribution in [1.29, 1.82) is 0 Å². The number of nitrogens with one attached hydrogen (secondary N) is 1. The number of hydrogen-bond acceptors (Lipinski definition) is 6. The summed E-state index contributed by atoms with van der Waals surface area (Å²) in [7, 11) is 1.60.